The number of amides is 1. The van der Waals surface area contributed by atoms with Crippen LogP contribution >= 0.6 is 24.0 Å². The second kappa shape index (κ2) is 11.8. The fraction of sp³-hybridized carbons (Fsp3) is 0.476. The minimum absolute atomic E-state index is 0.106. The molecule has 1 heterocycles. The van der Waals surface area contributed by atoms with Gasteiger partial charge in [0.15, 0.2) is 11.5 Å². The van der Waals surface area contributed by atoms with Crippen LogP contribution < -0.4 is 9.47 Å². The zero-order chi connectivity index (χ0) is 21.2. The van der Waals surface area contributed by atoms with E-state index in [-0.39, 0.29) is 24.8 Å². The monoisotopic (exact) mass is 437 g/mol. The van der Waals surface area contributed by atoms with Gasteiger partial charge in [-0.25, -0.2) is 0 Å². The van der Waals surface area contributed by atoms with Gasteiger partial charge in [0.25, 0.3) is 5.91 Å². The van der Waals surface area contributed by atoms with Crippen molar-refractivity contribution >= 4 is 46.3 Å². The van der Waals surface area contributed by atoms with Crippen LogP contribution in [0.4, 0.5) is 0 Å². The quantitative estimate of drug-likeness (QED) is 0.220. The van der Waals surface area contributed by atoms with Crippen molar-refractivity contribution in [2.45, 2.75) is 39.5 Å². The smallest absolute Gasteiger partial charge is 0.307 e. The lowest BCUT2D eigenvalue weighted by Crippen LogP contribution is -2.30. The van der Waals surface area contributed by atoms with E-state index in [9.17, 15) is 9.59 Å². The molecule has 1 aromatic rings. The molecule has 0 aromatic heterocycles. The molecule has 0 bridgehead atoms. The van der Waals surface area contributed by atoms with Crippen molar-refractivity contribution in [1.29, 1.82) is 0 Å². The summed E-state index contributed by atoms with van der Waals surface area (Å²) in [5, 5.41) is 0. The van der Waals surface area contributed by atoms with E-state index in [1.165, 1.54) is 23.8 Å². The first-order chi connectivity index (χ1) is 14.0. The largest absolute Gasteiger partial charge is 0.490 e. The molecule has 1 amide bonds. The van der Waals surface area contributed by atoms with Crippen molar-refractivity contribution in [1.82, 2.24) is 4.90 Å². The Kier molecular flexibility index (Phi) is 9.47. The molecular weight excluding hydrogens is 410 g/mol. The highest BCUT2D eigenvalue weighted by Gasteiger charge is 2.32. The van der Waals surface area contributed by atoms with E-state index in [0.29, 0.717) is 33.9 Å². The Morgan fingerprint density at radius 3 is 2.69 bits per heavy atom. The van der Waals surface area contributed by atoms with E-state index in [4.69, 9.17) is 21.7 Å². The van der Waals surface area contributed by atoms with E-state index < -0.39 is 0 Å². The fourth-order valence-corrected chi connectivity index (χ4v) is 3.99. The molecule has 0 N–H and O–H groups in total. The Morgan fingerprint density at radius 1 is 1.21 bits per heavy atom. The summed E-state index contributed by atoms with van der Waals surface area (Å²) in [4.78, 5) is 25.9. The molecular formula is C21H27NO5S2. The fourth-order valence-electron chi connectivity index (χ4n) is 2.69. The van der Waals surface area contributed by atoms with Gasteiger partial charge in [-0.05, 0) is 37.1 Å². The normalized spacial score (nSPS) is 15.1. The third-order valence-electron chi connectivity index (χ3n) is 4.21. The van der Waals surface area contributed by atoms with E-state index in [1.807, 2.05) is 25.1 Å². The summed E-state index contributed by atoms with van der Waals surface area (Å²) in [6.07, 6.45) is 5.14. The molecule has 0 saturated carbocycles. The Hall–Kier alpha value is -2.06. The minimum atomic E-state index is -0.376. The van der Waals surface area contributed by atoms with Gasteiger partial charge in [-0.2, -0.15) is 0 Å². The van der Waals surface area contributed by atoms with Crippen molar-refractivity contribution in [2.75, 3.05) is 26.9 Å². The van der Waals surface area contributed by atoms with Crippen molar-refractivity contribution in [2.24, 2.45) is 0 Å². The average Bonchev–Trinajstić information content (AvgIpc) is 2.97. The molecule has 158 valence electrons. The molecule has 1 aromatic carbocycles. The van der Waals surface area contributed by atoms with Crippen LogP contribution in [0, 0.1) is 0 Å². The van der Waals surface area contributed by atoms with Gasteiger partial charge in [0.2, 0.25) is 0 Å². The van der Waals surface area contributed by atoms with Crippen molar-refractivity contribution in [3.05, 3.63) is 28.7 Å². The molecule has 1 aliphatic heterocycles. The molecule has 2 rings (SSSR count). The summed E-state index contributed by atoms with van der Waals surface area (Å²) >= 11 is 6.51. The number of ether oxygens (including phenoxy) is 3. The maximum atomic E-state index is 12.6. The van der Waals surface area contributed by atoms with Crippen molar-refractivity contribution in [3.63, 3.8) is 0 Å². The molecule has 0 atom stereocenters. The van der Waals surface area contributed by atoms with Gasteiger partial charge < -0.3 is 14.2 Å². The number of hydrogen-bond donors (Lipinski definition) is 0. The standard InChI is InChI=1S/C21H27NO5S2/c1-4-6-7-12-27-16-9-8-15(13-17(16)26-5-2)14-18-20(24)22(21(28)29-18)11-10-19(23)25-3/h8-9,13-14H,4-7,10-12H2,1-3H3/b18-14-. The van der Waals surface area contributed by atoms with Crippen LogP contribution in [0.25, 0.3) is 6.08 Å². The third kappa shape index (κ3) is 6.75. The number of rotatable bonds is 11. The van der Waals surface area contributed by atoms with Crippen LogP contribution in [0.3, 0.4) is 0 Å². The van der Waals surface area contributed by atoms with Gasteiger partial charge in [0.05, 0.1) is 31.6 Å². The SMILES string of the molecule is CCCCCOc1ccc(/C=C2\SC(=S)N(CCC(=O)OC)C2=O)cc1OCC. The third-order valence-corrected chi connectivity index (χ3v) is 5.59. The minimum Gasteiger partial charge on any atom is -0.490 e. The van der Waals surface area contributed by atoms with Crippen LogP contribution in [-0.2, 0) is 14.3 Å². The first-order valence-corrected chi connectivity index (χ1v) is 10.9. The second-order valence-corrected chi connectivity index (χ2v) is 8.03. The molecule has 0 aliphatic carbocycles. The number of benzene rings is 1. The average molecular weight is 438 g/mol. The number of esters is 1. The molecule has 6 nitrogen and oxygen atoms in total. The molecule has 1 fully saturated rings. The summed E-state index contributed by atoms with van der Waals surface area (Å²) in [5.41, 5.74) is 0.822. The maximum absolute atomic E-state index is 12.6. The van der Waals surface area contributed by atoms with Gasteiger partial charge >= 0.3 is 5.97 Å². The molecule has 29 heavy (non-hydrogen) atoms. The van der Waals surface area contributed by atoms with E-state index in [1.54, 1.807) is 6.08 Å². The number of nitrogens with zero attached hydrogens (tertiary/aromatic N) is 1. The van der Waals surface area contributed by atoms with Gasteiger partial charge in [-0.1, -0.05) is 49.8 Å². The molecule has 0 unspecified atom stereocenters. The second-order valence-electron chi connectivity index (χ2n) is 6.35. The summed E-state index contributed by atoms with van der Waals surface area (Å²) in [6.45, 7) is 5.44. The van der Waals surface area contributed by atoms with Crippen LogP contribution in [0.15, 0.2) is 23.1 Å². The lowest BCUT2D eigenvalue weighted by Gasteiger charge is -2.13. The lowest BCUT2D eigenvalue weighted by atomic mass is 10.1. The van der Waals surface area contributed by atoms with Gasteiger partial charge in [0.1, 0.15) is 4.32 Å². The summed E-state index contributed by atoms with van der Waals surface area (Å²) in [6, 6.07) is 5.61. The Morgan fingerprint density at radius 2 is 2.00 bits per heavy atom. The molecule has 0 radical (unpaired) electrons. The first kappa shape index (κ1) is 23.2. The van der Waals surface area contributed by atoms with E-state index in [2.05, 4.69) is 11.7 Å². The number of unbranched alkanes of at least 4 members (excludes halogenated alkanes) is 2. The van der Waals surface area contributed by atoms with Gasteiger partial charge in [0, 0.05) is 6.54 Å². The van der Waals surface area contributed by atoms with Crippen LogP contribution in [0.5, 0.6) is 11.5 Å². The topological polar surface area (TPSA) is 65.1 Å². The predicted octanol–water partition coefficient (Wildman–Crippen LogP) is 4.42. The Bertz CT molecular complexity index is 778. The zero-order valence-electron chi connectivity index (χ0n) is 17.1. The number of thioether (sulfide) groups is 1. The number of carbonyl (C=O) groups excluding carboxylic acids is 2. The van der Waals surface area contributed by atoms with E-state index in [0.717, 1.165) is 24.8 Å². The van der Waals surface area contributed by atoms with Crippen molar-refractivity contribution in [3.8, 4) is 11.5 Å². The number of thiocarbonyl (C=S) groups is 1. The highest BCUT2D eigenvalue weighted by atomic mass is 32.2. The Balaban J connectivity index is 2.12. The molecule has 8 heteroatoms. The number of methoxy groups -OCH3 is 1. The molecule has 0 spiro atoms. The highest BCUT2D eigenvalue weighted by molar-refractivity contribution is 8.26. The number of hydrogen-bond acceptors (Lipinski definition) is 7. The van der Waals surface area contributed by atoms with Crippen LogP contribution in [-0.4, -0.2) is 48.0 Å². The van der Waals surface area contributed by atoms with Crippen LogP contribution in [0.2, 0.25) is 0 Å². The van der Waals surface area contributed by atoms with Gasteiger partial charge in [-0.15, -0.1) is 0 Å². The lowest BCUT2D eigenvalue weighted by molar-refractivity contribution is -0.140. The molecule has 1 saturated heterocycles. The van der Waals surface area contributed by atoms with E-state index >= 15 is 0 Å². The number of carbonyl (C=O) groups is 2. The van der Waals surface area contributed by atoms with Gasteiger partial charge in [-0.3, -0.25) is 14.5 Å². The maximum Gasteiger partial charge on any atom is 0.307 e. The highest BCUT2D eigenvalue weighted by Crippen LogP contribution is 2.35. The predicted molar refractivity (Wildman–Crippen MR) is 119 cm³/mol. The zero-order valence-corrected chi connectivity index (χ0v) is 18.7. The summed E-state index contributed by atoms with van der Waals surface area (Å²) in [7, 11) is 1.32. The van der Waals surface area contributed by atoms with Crippen molar-refractivity contribution < 1.29 is 23.8 Å². The summed E-state index contributed by atoms with van der Waals surface area (Å²) < 4.78 is 16.6. The summed E-state index contributed by atoms with van der Waals surface area (Å²) in [5.74, 6) is 0.769. The molecule has 1 aliphatic rings. The van der Waals surface area contributed by atoms with Crippen LogP contribution in [0.1, 0.15) is 45.1 Å². The Labute approximate surface area is 181 Å². The first-order valence-electron chi connectivity index (χ1n) is 9.72.